The van der Waals surface area contributed by atoms with Crippen molar-refractivity contribution in [1.29, 1.82) is 0 Å². The van der Waals surface area contributed by atoms with Crippen molar-refractivity contribution in [3.05, 3.63) is 24.2 Å². The molecule has 0 aromatic heterocycles. The highest BCUT2D eigenvalue weighted by molar-refractivity contribution is 5.72. The second-order valence-corrected chi connectivity index (χ2v) is 2.23. The van der Waals surface area contributed by atoms with Crippen molar-refractivity contribution < 1.29 is 0 Å². The molecule has 0 saturated heterocycles. The lowest BCUT2D eigenvalue weighted by atomic mass is 10.4. The van der Waals surface area contributed by atoms with Gasteiger partial charge in [0, 0.05) is 31.6 Å². The maximum Gasteiger partial charge on any atom is 0.0583 e. The average molecular weight is 120 g/mol. The van der Waals surface area contributed by atoms with Crippen molar-refractivity contribution in [2.75, 3.05) is 6.54 Å². The van der Waals surface area contributed by atoms with Crippen LogP contribution in [0.2, 0.25) is 0 Å². The van der Waals surface area contributed by atoms with Crippen LogP contribution in [0.25, 0.3) is 0 Å². The first-order chi connectivity index (χ1) is 4.45. The van der Waals surface area contributed by atoms with E-state index >= 15 is 0 Å². The van der Waals surface area contributed by atoms with Gasteiger partial charge in [-0.1, -0.05) is 0 Å². The summed E-state index contributed by atoms with van der Waals surface area (Å²) in [5.74, 6) is 0. The summed E-state index contributed by atoms with van der Waals surface area (Å²) in [6.45, 7) is 1.10. The van der Waals surface area contributed by atoms with Crippen LogP contribution in [0.5, 0.6) is 0 Å². The summed E-state index contributed by atoms with van der Waals surface area (Å²) in [4.78, 5) is 6.35. The van der Waals surface area contributed by atoms with Crippen LogP contribution in [0.15, 0.2) is 29.2 Å². The van der Waals surface area contributed by atoms with E-state index in [4.69, 9.17) is 0 Å². The lowest BCUT2D eigenvalue weighted by molar-refractivity contribution is 0.549. The molecule has 0 unspecified atom stereocenters. The Bertz CT molecular complexity index is 201. The summed E-state index contributed by atoms with van der Waals surface area (Å²) in [7, 11) is 0. The Labute approximate surface area is 54.2 Å². The standard InChI is InChI=1S/C7H8N2/c1-3-8-7-2-5-9(4-1)6-7/h1,3-4,6H,2,5H2. The highest BCUT2D eigenvalue weighted by Gasteiger charge is 2.09. The van der Waals surface area contributed by atoms with Crippen LogP contribution >= 0.6 is 0 Å². The molecule has 0 atom stereocenters. The minimum Gasteiger partial charge on any atom is -0.352 e. The summed E-state index contributed by atoms with van der Waals surface area (Å²) in [6, 6.07) is 0. The van der Waals surface area contributed by atoms with Crippen molar-refractivity contribution in [2.24, 2.45) is 4.99 Å². The molecule has 9 heavy (non-hydrogen) atoms. The van der Waals surface area contributed by atoms with Gasteiger partial charge in [0.05, 0.1) is 5.70 Å². The molecule has 2 aliphatic heterocycles. The minimum absolute atomic E-state index is 1.10. The molecule has 0 N–H and O–H groups in total. The number of rotatable bonds is 0. The zero-order valence-corrected chi connectivity index (χ0v) is 5.12. The smallest absolute Gasteiger partial charge is 0.0583 e. The lowest BCUT2D eigenvalue weighted by Gasteiger charge is -2.05. The highest BCUT2D eigenvalue weighted by atomic mass is 15.1. The summed E-state index contributed by atoms with van der Waals surface area (Å²) < 4.78 is 0. The molecule has 0 aromatic carbocycles. The molecule has 0 amide bonds. The van der Waals surface area contributed by atoms with Gasteiger partial charge in [0.25, 0.3) is 0 Å². The average Bonchev–Trinajstić information content (AvgIpc) is 2.09. The van der Waals surface area contributed by atoms with Gasteiger partial charge in [-0.2, -0.15) is 0 Å². The number of fused-ring (bicyclic) bond motifs is 1. The van der Waals surface area contributed by atoms with Gasteiger partial charge in [0.2, 0.25) is 0 Å². The molecular formula is C7H8N2. The summed E-state index contributed by atoms with van der Waals surface area (Å²) in [5.41, 5.74) is 1.19. The van der Waals surface area contributed by atoms with Gasteiger partial charge in [-0.15, -0.1) is 0 Å². The van der Waals surface area contributed by atoms with Gasteiger partial charge in [-0.3, -0.25) is 4.99 Å². The third kappa shape index (κ3) is 0.762. The van der Waals surface area contributed by atoms with E-state index in [9.17, 15) is 0 Å². The van der Waals surface area contributed by atoms with Crippen LogP contribution in [0.3, 0.4) is 0 Å². The number of hydrogen-bond acceptors (Lipinski definition) is 2. The van der Waals surface area contributed by atoms with Gasteiger partial charge >= 0.3 is 0 Å². The number of allylic oxidation sites excluding steroid dienone is 1. The summed E-state index contributed by atoms with van der Waals surface area (Å²) in [6.07, 6.45) is 9.03. The molecule has 2 nitrogen and oxygen atoms in total. The molecule has 0 spiro atoms. The fourth-order valence-electron chi connectivity index (χ4n) is 1.07. The maximum absolute atomic E-state index is 4.19. The van der Waals surface area contributed by atoms with Crippen LogP contribution in [-0.4, -0.2) is 17.7 Å². The van der Waals surface area contributed by atoms with Crippen molar-refractivity contribution >= 4 is 6.21 Å². The van der Waals surface area contributed by atoms with Gasteiger partial charge in [0.15, 0.2) is 0 Å². The lowest BCUT2D eigenvalue weighted by Crippen LogP contribution is -2.04. The van der Waals surface area contributed by atoms with Crippen molar-refractivity contribution in [3.63, 3.8) is 0 Å². The van der Waals surface area contributed by atoms with Gasteiger partial charge in [-0.05, 0) is 6.08 Å². The Morgan fingerprint density at radius 1 is 1.56 bits per heavy atom. The molecule has 0 saturated carbocycles. The Morgan fingerprint density at radius 3 is 3.56 bits per heavy atom. The van der Waals surface area contributed by atoms with Crippen molar-refractivity contribution in [2.45, 2.75) is 6.42 Å². The van der Waals surface area contributed by atoms with Crippen LogP contribution in [0.1, 0.15) is 6.42 Å². The fourth-order valence-corrected chi connectivity index (χ4v) is 1.07. The van der Waals surface area contributed by atoms with E-state index in [1.165, 1.54) is 5.70 Å². The first-order valence-corrected chi connectivity index (χ1v) is 3.12. The monoisotopic (exact) mass is 120 g/mol. The predicted molar refractivity (Wildman–Crippen MR) is 37.0 cm³/mol. The van der Waals surface area contributed by atoms with Crippen molar-refractivity contribution in [1.82, 2.24) is 4.90 Å². The van der Waals surface area contributed by atoms with Crippen LogP contribution < -0.4 is 0 Å². The normalized spacial score (nSPS) is 22.2. The Hall–Kier alpha value is -1.05. The first-order valence-electron chi connectivity index (χ1n) is 3.12. The predicted octanol–water partition coefficient (Wildman–Crippen LogP) is 1.13. The summed E-state index contributed by atoms with van der Waals surface area (Å²) in [5, 5.41) is 0. The molecule has 2 rings (SSSR count). The maximum atomic E-state index is 4.19. The molecule has 2 heterocycles. The van der Waals surface area contributed by atoms with Crippen molar-refractivity contribution in [3.8, 4) is 0 Å². The summed E-state index contributed by atoms with van der Waals surface area (Å²) >= 11 is 0. The van der Waals surface area contributed by atoms with Gasteiger partial charge in [0.1, 0.15) is 0 Å². The molecule has 0 radical (unpaired) electrons. The van der Waals surface area contributed by atoms with E-state index in [0.717, 1.165) is 13.0 Å². The SMILES string of the molecule is C1=CN2C=C(CC2)N=C1. The van der Waals surface area contributed by atoms with Gasteiger partial charge in [-0.25, -0.2) is 0 Å². The second-order valence-electron chi connectivity index (χ2n) is 2.23. The Kier molecular flexibility index (Phi) is 0.918. The second kappa shape index (κ2) is 1.72. The van der Waals surface area contributed by atoms with E-state index in [-0.39, 0.29) is 0 Å². The van der Waals surface area contributed by atoms with Crippen LogP contribution in [0, 0.1) is 0 Å². The molecule has 0 aliphatic carbocycles. The molecule has 2 bridgehead atoms. The first kappa shape index (κ1) is 4.79. The molecular weight excluding hydrogens is 112 g/mol. The van der Waals surface area contributed by atoms with Crippen LogP contribution in [-0.2, 0) is 0 Å². The van der Waals surface area contributed by atoms with Gasteiger partial charge < -0.3 is 4.90 Å². The Morgan fingerprint density at radius 2 is 2.56 bits per heavy atom. The molecule has 2 heteroatoms. The largest absolute Gasteiger partial charge is 0.352 e. The number of nitrogens with zero attached hydrogens (tertiary/aromatic N) is 2. The fraction of sp³-hybridized carbons (Fsp3) is 0.286. The quantitative estimate of drug-likeness (QED) is 0.468. The number of aliphatic imine (C=N–C) groups is 1. The van der Waals surface area contributed by atoms with E-state index < -0.39 is 0 Å². The van der Waals surface area contributed by atoms with Crippen LogP contribution in [0.4, 0.5) is 0 Å². The molecule has 0 aromatic rings. The highest BCUT2D eigenvalue weighted by Crippen LogP contribution is 2.16. The molecule has 46 valence electrons. The third-order valence-corrected chi connectivity index (χ3v) is 1.54. The zero-order chi connectivity index (χ0) is 6.10. The Balaban J connectivity index is 2.34. The van der Waals surface area contributed by atoms with E-state index in [1.807, 2.05) is 18.5 Å². The van der Waals surface area contributed by atoms with E-state index in [2.05, 4.69) is 16.1 Å². The van der Waals surface area contributed by atoms with E-state index in [0.29, 0.717) is 0 Å². The molecule has 2 aliphatic rings. The van der Waals surface area contributed by atoms with E-state index in [1.54, 1.807) is 0 Å². The molecule has 0 fully saturated rings. The minimum atomic E-state index is 1.10. The topological polar surface area (TPSA) is 15.6 Å². The third-order valence-electron chi connectivity index (χ3n) is 1.54. The number of hydrogen-bond donors (Lipinski definition) is 0. The zero-order valence-electron chi connectivity index (χ0n) is 5.12.